The molecule has 3 aromatic carbocycles. The van der Waals surface area contributed by atoms with Crippen molar-refractivity contribution in [1.82, 2.24) is 9.55 Å². The Balaban J connectivity index is 1.61. The third kappa shape index (κ3) is 8.48. The summed E-state index contributed by atoms with van der Waals surface area (Å²) in [7, 11) is 1.35. The smallest absolute Gasteiger partial charge is 0.416 e. The van der Waals surface area contributed by atoms with Crippen LogP contribution in [0.3, 0.4) is 0 Å². The van der Waals surface area contributed by atoms with Crippen LogP contribution in [0.5, 0.6) is 0 Å². The number of imidazole rings is 1. The lowest BCUT2D eigenvalue weighted by atomic mass is 10.0. The number of rotatable bonds is 11. The van der Waals surface area contributed by atoms with Gasteiger partial charge in [0.1, 0.15) is 5.82 Å². The third-order valence-corrected chi connectivity index (χ3v) is 7.47. The molecular weight excluding hydrogens is 573 g/mol. The number of esters is 1. The summed E-state index contributed by atoms with van der Waals surface area (Å²) >= 11 is 5.87. The van der Waals surface area contributed by atoms with Gasteiger partial charge >= 0.3 is 12.1 Å². The molecule has 4 aromatic rings. The maximum Gasteiger partial charge on any atom is 0.416 e. The highest BCUT2D eigenvalue weighted by atomic mass is 35.5. The number of carbonyl (C=O) groups excluding carboxylic acids is 1. The molecular formula is C35H34ClF3N2O2. The van der Waals surface area contributed by atoms with Crippen molar-refractivity contribution in [2.24, 2.45) is 0 Å². The number of aromatic nitrogens is 2. The van der Waals surface area contributed by atoms with Gasteiger partial charge in [-0.1, -0.05) is 66.3 Å². The van der Waals surface area contributed by atoms with Crippen LogP contribution in [0.4, 0.5) is 13.2 Å². The van der Waals surface area contributed by atoms with Gasteiger partial charge in [-0.3, -0.25) is 0 Å². The fourth-order valence-corrected chi connectivity index (χ4v) is 5.07. The zero-order valence-electron chi connectivity index (χ0n) is 24.4. The van der Waals surface area contributed by atoms with E-state index in [-0.39, 0.29) is 5.97 Å². The first-order chi connectivity index (χ1) is 20.6. The number of benzene rings is 3. The molecule has 4 nitrogen and oxygen atoms in total. The molecule has 0 saturated carbocycles. The van der Waals surface area contributed by atoms with Gasteiger partial charge < -0.3 is 9.30 Å². The number of halogens is 4. The standard InChI is InChI=1S/C35H34ClF3N2O2/c1-4-27(13-8-24(2)18-19-36)32-23-41(22-26-11-16-29(17-12-26)34(42)43-3)33(40-32)20-25-9-14-28(15-10-25)30-6-5-7-31(21-30)35(37,38)39/h4-7,9-12,14-18,21,23H,8,13,19-20,22H2,1-3H3/b24-18-,27-4+. The Morgan fingerprint density at radius 3 is 2.30 bits per heavy atom. The molecule has 0 saturated heterocycles. The Morgan fingerprint density at radius 2 is 1.67 bits per heavy atom. The van der Waals surface area contributed by atoms with E-state index in [4.69, 9.17) is 21.3 Å². The van der Waals surface area contributed by atoms with Gasteiger partial charge in [-0.25, -0.2) is 9.78 Å². The molecule has 0 N–H and O–H groups in total. The van der Waals surface area contributed by atoms with Crippen molar-refractivity contribution in [2.45, 2.75) is 45.8 Å². The average Bonchev–Trinajstić information content (AvgIpc) is 3.39. The normalized spacial score (nSPS) is 12.4. The van der Waals surface area contributed by atoms with E-state index >= 15 is 0 Å². The zero-order chi connectivity index (χ0) is 31.0. The van der Waals surface area contributed by atoms with Crippen molar-refractivity contribution in [3.8, 4) is 11.1 Å². The summed E-state index contributed by atoms with van der Waals surface area (Å²) in [6.45, 7) is 4.63. The second-order valence-electron chi connectivity index (χ2n) is 10.3. The van der Waals surface area contributed by atoms with Crippen molar-refractivity contribution in [3.63, 3.8) is 0 Å². The number of hydrogen-bond acceptors (Lipinski definition) is 3. The molecule has 4 rings (SSSR count). The summed E-state index contributed by atoms with van der Waals surface area (Å²) in [5, 5.41) is 0. The fourth-order valence-electron chi connectivity index (χ4n) is 4.81. The highest BCUT2D eigenvalue weighted by Crippen LogP contribution is 2.32. The Hall–Kier alpha value is -4.10. The van der Waals surface area contributed by atoms with Gasteiger partial charge in [-0.2, -0.15) is 13.2 Å². The summed E-state index contributed by atoms with van der Waals surface area (Å²) in [5.41, 5.74) is 6.26. The van der Waals surface area contributed by atoms with E-state index in [1.54, 1.807) is 18.2 Å². The molecule has 224 valence electrons. The van der Waals surface area contributed by atoms with Gasteiger partial charge in [-0.15, -0.1) is 11.6 Å². The molecule has 0 atom stereocenters. The van der Waals surface area contributed by atoms with Crippen molar-refractivity contribution < 1.29 is 22.7 Å². The lowest BCUT2D eigenvalue weighted by Gasteiger charge is -2.10. The Bertz CT molecular complexity index is 1600. The largest absolute Gasteiger partial charge is 0.465 e. The van der Waals surface area contributed by atoms with Crippen LogP contribution in [0.1, 0.15) is 65.3 Å². The van der Waals surface area contributed by atoms with E-state index < -0.39 is 11.7 Å². The molecule has 1 heterocycles. The maximum absolute atomic E-state index is 13.2. The first kappa shape index (κ1) is 31.8. The van der Waals surface area contributed by atoms with E-state index in [0.717, 1.165) is 47.1 Å². The number of alkyl halides is 4. The zero-order valence-corrected chi connectivity index (χ0v) is 25.2. The minimum Gasteiger partial charge on any atom is -0.465 e. The molecule has 1 aromatic heterocycles. The van der Waals surface area contributed by atoms with E-state index in [2.05, 4.69) is 23.8 Å². The van der Waals surface area contributed by atoms with E-state index in [1.807, 2.05) is 49.4 Å². The van der Waals surface area contributed by atoms with Crippen LogP contribution in [0.15, 0.2) is 96.7 Å². The Morgan fingerprint density at radius 1 is 0.977 bits per heavy atom. The number of nitrogens with zero attached hydrogens (tertiary/aromatic N) is 2. The van der Waals surface area contributed by atoms with Gasteiger partial charge in [0, 0.05) is 25.0 Å². The highest BCUT2D eigenvalue weighted by molar-refractivity contribution is 6.18. The predicted molar refractivity (Wildman–Crippen MR) is 166 cm³/mol. The molecule has 43 heavy (non-hydrogen) atoms. The molecule has 0 bridgehead atoms. The fraction of sp³-hybridized carbons (Fsp3) is 0.257. The molecule has 0 fully saturated rings. The summed E-state index contributed by atoms with van der Waals surface area (Å²) in [6.07, 6.45) is 3.99. The lowest BCUT2D eigenvalue weighted by molar-refractivity contribution is -0.137. The highest BCUT2D eigenvalue weighted by Gasteiger charge is 2.30. The minimum atomic E-state index is -4.39. The number of ether oxygens (including phenoxy) is 1. The van der Waals surface area contributed by atoms with Crippen LogP contribution in [0.25, 0.3) is 16.7 Å². The molecule has 0 aliphatic rings. The molecule has 0 aliphatic carbocycles. The summed E-state index contributed by atoms with van der Waals surface area (Å²) < 4.78 is 46.6. The van der Waals surface area contributed by atoms with Crippen LogP contribution in [-0.2, 0) is 23.9 Å². The monoisotopic (exact) mass is 606 g/mol. The molecule has 8 heteroatoms. The van der Waals surface area contributed by atoms with Gasteiger partial charge in [0.15, 0.2) is 0 Å². The average molecular weight is 607 g/mol. The summed E-state index contributed by atoms with van der Waals surface area (Å²) in [5.74, 6) is 0.949. The van der Waals surface area contributed by atoms with Crippen LogP contribution in [0.2, 0.25) is 0 Å². The third-order valence-electron chi connectivity index (χ3n) is 7.32. The van der Waals surface area contributed by atoms with Crippen molar-refractivity contribution in [1.29, 1.82) is 0 Å². The topological polar surface area (TPSA) is 44.1 Å². The van der Waals surface area contributed by atoms with Gasteiger partial charge in [0.05, 0.1) is 23.9 Å². The van der Waals surface area contributed by atoms with E-state index in [0.29, 0.717) is 35.5 Å². The van der Waals surface area contributed by atoms with Crippen LogP contribution in [0, 0.1) is 0 Å². The molecule has 0 aliphatic heterocycles. The molecule has 0 unspecified atom stereocenters. The predicted octanol–water partition coefficient (Wildman–Crippen LogP) is 9.36. The second-order valence-corrected chi connectivity index (χ2v) is 10.6. The molecule has 0 amide bonds. The molecule has 0 spiro atoms. The minimum absolute atomic E-state index is 0.387. The SMILES string of the molecule is C/C=C(\CC/C(C)=C\CCl)c1cn(Cc2ccc(C(=O)OC)cc2)c(Cc2ccc(-c3cccc(C(F)(F)F)c3)cc2)n1. The van der Waals surface area contributed by atoms with E-state index in [1.165, 1.54) is 24.8 Å². The summed E-state index contributed by atoms with van der Waals surface area (Å²) in [6, 6.07) is 20.2. The van der Waals surface area contributed by atoms with Gasteiger partial charge in [0.2, 0.25) is 0 Å². The molecule has 0 radical (unpaired) electrons. The first-order valence-corrected chi connectivity index (χ1v) is 14.5. The van der Waals surface area contributed by atoms with Gasteiger partial charge in [0.25, 0.3) is 0 Å². The van der Waals surface area contributed by atoms with Crippen molar-refractivity contribution in [2.75, 3.05) is 13.0 Å². The number of allylic oxidation sites excluding steroid dienone is 4. The van der Waals surface area contributed by atoms with Crippen LogP contribution >= 0.6 is 11.6 Å². The number of carbonyl (C=O) groups is 1. The maximum atomic E-state index is 13.2. The van der Waals surface area contributed by atoms with Crippen LogP contribution in [-0.4, -0.2) is 28.5 Å². The van der Waals surface area contributed by atoms with Crippen molar-refractivity contribution >= 4 is 23.1 Å². The number of methoxy groups -OCH3 is 1. The second kappa shape index (κ2) is 14.4. The first-order valence-electron chi connectivity index (χ1n) is 14.0. The quantitative estimate of drug-likeness (QED) is 0.0970. The Kier molecular flexibility index (Phi) is 10.6. The van der Waals surface area contributed by atoms with E-state index in [9.17, 15) is 18.0 Å². The van der Waals surface area contributed by atoms with Crippen molar-refractivity contribution in [3.05, 3.63) is 130 Å². The van der Waals surface area contributed by atoms with Crippen LogP contribution < -0.4 is 0 Å². The number of hydrogen-bond donors (Lipinski definition) is 0. The summed E-state index contributed by atoms with van der Waals surface area (Å²) in [4.78, 5) is 16.9. The van der Waals surface area contributed by atoms with Gasteiger partial charge in [-0.05, 0) is 78.8 Å². The lowest BCUT2D eigenvalue weighted by Crippen LogP contribution is -2.06. The Labute approximate surface area is 255 Å².